The summed E-state index contributed by atoms with van der Waals surface area (Å²) in [7, 11) is 1.05. The normalized spacial score (nSPS) is 16.7. The molecule has 0 spiro atoms. The Balaban J connectivity index is 2.85. The Morgan fingerprint density at radius 3 is 2.32 bits per heavy atom. The fourth-order valence-corrected chi connectivity index (χ4v) is 3.03. The molecular formula is C17H15F2N2O7-. The number of methoxy groups -OCH3 is 1. The van der Waals surface area contributed by atoms with E-state index >= 15 is 0 Å². The Labute approximate surface area is 157 Å². The zero-order valence-electron chi connectivity index (χ0n) is 14.9. The highest BCUT2D eigenvalue weighted by Crippen LogP contribution is 2.43. The maximum Gasteiger partial charge on any atom is 0.387 e. The van der Waals surface area contributed by atoms with Crippen molar-refractivity contribution in [3.05, 3.63) is 56.4 Å². The fraction of sp³-hybridized carbons (Fsp3) is 0.294. The number of dihydropyridines is 1. The van der Waals surface area contributed by atoms with Gasteiger partial charge >= 0.3 is 12.6 Å². The van der Waals surface area contributed by atoms with Crippen LogP contribution in [0.1, 0.15) is 25.3 Å². The summed E-state index contributed by atoms with van der Waals surface area (Å²) in [6.45, 7) is -0.467. The number of carbonyl (C=O) groups is 2. The van der Waals surface area contributed by atoms with Gasteiger partial charge in [-0.25, -0.2) is 4.79 Å². The third-order valence-electron chi connectivity index (χ3n) is 4.12. The lowest BCUT2D eigenvalue weighted by molar-refractivity contribution is -0.385. The quantitative estimate of drug-likeness (QED) is 0.432. The molecule has 150 valence electrons. The Kier molecular flexibility index (Phi) is 5.96. The van der Waals surface area contributed by atoms with Crippen LogP contribution in [0.4, 0.5) is 14.5 Å². The van der Waals surface area contributed by atoms with Crippen LogP contribution in [0.2, 0.25) is 0 Å². The second kappa shape index (κ2) is 8.03. The number of nitro benzene ring substituents is 1. The Morgan fingerprint density at radius 1 is 1.21 bits per heavy atom. The van der Waals surface area contributed by atoms with Crippen LogP contribution in [-0.4, -0.2) is 30.6 Å². The van der Waals surface area contributed by atoms with E-state index in [0.717, 1.165) is 25.3 Å². The second-order valence-electron chi connectivity index (χ2n) is 5.77. The van der Waals surface area contributed by atoms with Crippen LogP contribution in [0.25, 0.3) is 0 Å². The van der Waals surface area contributed by atoms with Crippen LogP contribution in [0.15, 0.2) is 40.7 Å². The van der Waals surface area contributed by atoms with Gasteiger partial charge in [-0.15, -0.1) is 0 Å². The zero-order valence-corrected chi connectivity index (χ0v) is 14.9. The molecule has 0 aromatic heterocycles. The number of ether oxygens (including phenoxy) is 2. The third-order valence-corrected chi connectivity index (χ3v) is 4.12. The number of carboxylic acid groups (broad SMARTS) is 1. The van der Waals surface area contributed by atoms with Gasteiger partial charge in [0.2, 0.25) is 0 Å². The first kappa shape index (κ1) is 20.8. The van der Waals surface area contributed by atoms with Gasteiger partial charge in [0, 0.05) is 34.7 Å². The number of hydrogen-bond acceptors (Lipinski definition) is 8. The molecule has 1 aromatic carbocycles. The number of hydrogen-bond donors (Lipinski definition) is 1. The van der Waals surface area contributed by atoms with E-state index in [4.69, 9.17) is 0 Å². The van der Waals surface area contributed by atoms with E-state index in [2.05, 4.69) is 14.8 Å². The van der Waals surface area contributed by atoms with E-state index in [1.165, 1.54) is 13.8 Å². The molecule has 9 nitrogen and oxygen atoms in total. The highest BCUT2D eigenvalue weighted by atomic mass is 19.3. The monoisotopic (exact) mass is 397 g/mol. The fourth-order valence-electron chi connectivity index (χ4n) is 3.03. The number of nitro groups is 1. The van der Waals surface area contributed by atoms with Gasteiger partial charge in [-0.3, -0.25) is 10.1 Å². The van der Waals surface area contributed by atoms with E-state index in [0.29, 0.717) is 0 Å². The summed E-state index contributed by atoms with van der Waals surface area (Å²) >= 11 is 0. The van der Waals surface area contributed by atoms with Crippen LogP contribution < -0.4 is 15.2 Å². The van der Waals surface area contributed by atoms with E-state index in [9.17, 15) is 33.6 Å². The number of carbonyl (C=O) groups excluding carboxylic acids is 2. The Morgan fingerprint density at radius 2 is 1.82 bits per heavy atom. The SMILES string of the molecule is COC(=O)C1=C(C)NC(C)=C(C(=O)[O-])C1c1cc([N+](=O)[O-])ccc1OC(F)F. The van der Waals surface area contributed by atoms with Crippen molar-refractivity contribution in [3.63, 3.8) is 0 Å². The number of aliphatic carboxylic acids is 1. The van der Waals surface area contributed by atoms with E-state index in [1.54, 1.807) is 0 Å². The van der Waals surface area contributed by atoms with E-state index < -0.39 is 46.4 Å². The lowest BCUT2D eigenvalue weighted by Gasteiger charge is -2.32. The first-order chi connectivity index (χ1) is 13.1. The van der Waals surface area contributed by atoms with Crippen molar-refractivity contribution in [1.29, 1.82) is 0 Å². The summed E-state index contributed by atoms with van der Waals surface area (Å²) in [5, 5.41) is 25.6. The maximum atomic E-state index is 12.8. The molecule has 0 fully saturated rings. The molecule has 0 radical (unpaired) electrons. The highest BCUT2D eigenvalue weighted by molar-refractivity contribution is 5.98. The van der Waals surface area contributed by atoms with Crippen LogP contribution in [-0.2, 0) is 14.3 Å². The van der Waals surface area contributed by atoms with Crippen molar-refractivity contribution in [2.75, 3.05) is 7.11 Å². The molecule has 2 rings (SSSR count). The first-order valence-corrected chi connectivity index (χ1v) is 7.79. The average molecular weight is 397 g/mol. The molecule has 1 aromatic rings. The lowest BCUT2D eigenvalue weighted by Crippen LogP contribution is -2.37. The topological polar surface area (TPSA) is 131 Å². The van der Waals surface area contributed by atoms with Crippen molar-refractivity contribution in [3.8, 4) is 5.75 Å². The highest BCUT2D eigenvalue weighted by Gasteiger charge is 2.37. The molecule has 11 heteroatoms. The molecule has 1 heterocycles. The minimum absolute atomic E-state index is 0.0738. The number of esters is 1. The smallest absolute Gasteiger partial charge is 0.387 e. The summed E-state index contributed by atoms with van der Waals surface area (Å²) in [6.07, 6.45) is 0. The largest absolute Gasteiger partial charge is 0.545 e. The summed E-state index contributed by atoms with van der Waals surface area (Å²) in [6, 6.07) is 2.71. The Hall–Kier alpha value is -3.50. The molecule has 0 aliphatic carbocycles. The van der Waals surface area contributed by atoms with Gasteiger partial charge in [0.15, 0.2) is 0 Å². The van der Waals surface area contributed by atoms with Gasteiger partial charge in [-0.05, 0) is 19.9 Å². The van der Waals surface area contributed by atoms with Gasteiger partial charge in [0.05, 0.1) is 29.5 Å². The van der Waals surface area contributed by atoms with Crippen molar-refractivity contribution in [2.45, 2.75) is 26.4 Å². The standard InChI is InChI=1S/C17H16F2N2O7/c1-7-12(15(22)23)14(13(8(2)20-7)16(24)27-3)10-6-9(21(25)26)4-5-11(10)28-17(18)19/h4-6,14,17,20H,1-3H3,(H,22,23)/p-1. The molecule has 28 heavy (non-hydrogen) atoms. The minimum atomic E-state index is -3.29. The minimum Gasteiger partial charge on any atom is -0.545 e. The van der Waals surface area contributed by atoms with Gasteiger partial charge in [-0.1, -0.05) is 0 Å². The molecule has 0 bridgehead atoms. The Bertz CT molecular complexity index is 909. The van der Waals surface area contributed by atoms with Crippen molar-refractivity contribution >= 4 is 17.6 Å². The van der Waals surface area contributed by atoms with E-state index in [1.807, 2.05) is 0 Å². The molecule has 0 saturated carbocycles. The molecule has 1 N–H and O–H groups in total. The van der Waals surface area contributed by atoms with Crippen molar-refractivity contribution in [1.82, 2.24) is 5.32 Å². The second-order valence-corrected chi connectivity index (χ2v) is 5.77. The number of rotatable bonds is 6. The number of carboxylic acids is 1. The summed E-state index contributed by atoms with van der Waals surface area (Å²) in [4.78, 5) is 34.4. The summed E-state index contributed by atoms with van der Waals surface area (Å²) in [5.41, 5.74) is -1.25. The number of benzene rings is 1. The van der Waals surface area contributed by atoms with Gasteiger partial charge in [-0.2, -0.15) is 8.78 Å². The number of non-ortho nitro benzene ring substituents is 1. The van der Waals surface area contributed by atoms with Crippen LogP contribution in [0.5, 0.6) is 5.75 Å². The summed E-state index contributed by atoms with van der Waals surface area (Å²) < 4.78 is 34.8. The molecule has 0 amide bonds. The number of allylic oxidation sites excluding steroid dienone is 2. The predicted octanol–water partition coefficient (Wildman–Crippen LogP) is 1.35. The molecule has 1 atom stereocenters. The van der Waals surface area contributed by atoms with Gasteiger partial charge < -0.3 is 24.7 Å². The summed E-state index contributed by atoms with van der Waals surface area (Å²) in [5.74, 6) is -4.66. The first-order valence-electron chi connectivity index (χ1n) is 7.79. The van der Waals surface area contributed by atoms with Crippen molar-refractivity contribution in [2.24, 2.45) is 0 Å². The number of nitrogens with one attached hydrogen (secondary N) is 1. The number of alkyl halides is 2. The number of nitrogens with zero attached hydrogens (tertiary/aromatic N) is 1. The maximum absolute atomic E-state index is 12.8. The molecule has 1 aliphatic heterocycles. The van der Waals surface area contributed by atoms with E-state index in [-0.39, 0.29) is 22.5 Å². The van der Waals surface area contributed by atoms with Crippen LogP contribution in [0, 0.1) is 10.1 Å². The van der Waals surface area contributed by atoms with Gasteiger partial charge in [0.25, 0.3) is 5.69 Å². The van der Waals surface area contributed by atoms with Gasteiger partial charge in [0.1, 0.15) is 5.75 Å². The zero-order chi connectivity index (χ0) is 21.2. The van der Waals surface area contributed by atoms with Crippen LogP contribution >= 0.6 is 0 Å². The molecule has 1 aliphatic rings. The predicted molar refractivity (Wildman–Crippen MR) is 88.0 cm³/mol. The lowest BCUT2D eigenvalue weighted by atomic mass is 9.80. The number of halogens is 2. The molecule has 1 unspecified atom stereocenters. The third kappa shape index (κ3) is 3.92. The van der Waals surface area contributed by atoms with Crippen LogP contribution in [0.3, 0.4) is 0 Å². The van der Waals surface area contributed by atoms with Crippen molar-refractivity contribution < 1.29 is 37.9 Å². The average Bonchev–Trinajstić information content (AvgIpc) is 2.59. The molecule has 0 saturated heterocycles. The molecular weight excluding hydrogens is 382 g/mol.